The molecule has 1 aromatic carbocycles. The summed E-state index contributed by atoms with van der Waals surface area (Å²) in [6.45, 7) is 5.33. The fourth-order valence-corrected chi connectivity index (χ4v) is 6.07. The van der Waals surface area contributed by atoms with Gasteiger partial charge in [0, 0.05) is 31.0 Å². The number of benzene rings is 1. The number of piperidine rings is 1. The van der Waals surface area contributed by atoms with Crippen molar-refractivity contribution >= 4 is 11.8 Å². The minimum atomic E-state index is -0.433. The van der Waals surface area contributed by atoms with Gasteiger partial charge in [-0.2, -0.15) is 0 Å². The number of allylic oxidation sites excluding steroid dienone is 1. The molecule has 7 heteroatoms. The number of hydrogen-bond acceptors (Lipinski definition) is 5. The number of carbonyl (C=O) groups excluding carboxylic acids is 2. The fraction of sp³-hybridized carbons (Fsp3) is 0.630. The number of nitrogens with zero attached hydrogens (tertiary/aromatic N) is 1. The van der Waals surface area contributed by atoms with E-state index in [0.717, 1.165) is 61.6 Å². The van der Waals surface area contributed by atoms with Crippen LogP contribution in [0.2, 0.25) is 0 Å². The topological polar surface area (TPSA) is 79.9 Å². The first-order valence-corrected chi connectivity index (χ1v) is 12.9. The third-order valence-electron chi connectivity index (χ3n) is 8.14. The Labute approximate surface area is 202 Å². The van der Waals surface area contributed by atoms with Crippen molar-refractivity contribution in [3.63, 3.8) is 0 Å². The average molecular weight is 468 g/mol. The van der Waals surface area contributed by atoms with E-state index < -0.39 is 6.04 Å². The molecule has 2 N–H and O–H groups in total. The van der Waals surface area contributed by atoms with Gasteiger partial charge in [-0.05, 0) is 94.0 Å². The van der Waals surface area contributed by atoms with Gasteiger partial charge in [0.15, 0.2) is 0 Å². The molecule has 2 aliphatic carbocycles. The first kappa shape index (κ1) is 23.4. The lowest BCUT2D eigenvalue weighted by Gasteiger charge is -2.30. The summed E-state index contributed by atoms with van der Waals surface area (Å²) < 4.78 is 11.9. The summed E-state index contributed by atoms with van der Waals surface area (Å²) in [6.07, 6.45) is 10.0. The molecule has 1 unspecified atom stereocenters. The van der Waals surface area contributed by atoms with E-state index in [9.17, 15) is 9.59 Å². The first-order chi connectivity index (χ1) is 16.5. The van der Waals surface area contributed by atoms with E-state index in [1.165, 1.54) is 12.8 Å². The van der Waals surface area contributed by atoms with Gasteiger partial charge < -0.3 is 25.0 Å². The van der Waals surface area contributed by atoms with Gasteiger partial charge in [-0.15, -0.1) is 0 Å². The van der Waals surface area contributed by atoms with E-state index >= 15 is 0 Å². The van der Waals surface area contributed by atoms with Crippen LogP contribution in [0.3, 0.4) is 0 Å². The van der Waals surface area contributed by atoms with Crippen molar-refractivity contribution in [1.82, 2.24) is 15.5 Å². The van der Waals surface area contributed by atoms with Gasteiger partial charge in [0.2, 0.25) is 5.91 Å². The maximum Gasteiger partial charge on any atom is 0.255 e. The van der Waals surface area contributed by atoms with E-state index in [4.69, 9.17) is 9.47 Å². The number of amides is 2. The maximum absolute atomic E-state index is 13.0. The number of nitrogens with one attached hydrogen (secondary N) is 2. The van der Waals surface area contributed by atoms with Crippen molar-refractivity contribution in [2.75, 3.05) is 13.7 Å². The van der Waals surface area contributed by atoms with E-state index in [1.807, 2.05) is 25.3 Å². The van der Waals surface area contributed by atoms with Crippen LogP contribution in [-0.2, 0) is 16.1 Å². The van der Waals surface area contributed by atoms with E-state index in [1.54, 1.807) is 4.90 Å². The number of ether oxygens (including phenoxy) is 2. The van der Waals surface area contributed by atoms with Crippen LogP contribution in [0.5, 0.6) is 5.75 Å². The molecule has 184 valence electrons. The fourth-order valence-electron chi connectivity index (χ4n) is 6.07. The van der Waals surface area contributed by atoms with Gasteiger partial charge in [0.1, 0.15) is 17.9 Å². The van der Waals surface area contributed by atoms with Crippen molar-refractivity contribution in [2.24, 2.45) is 5.92 Å². The minimum absolute atomic E-state index is 0.0715. The molecule has 3 fully saturated rings. The van der Waals surface area contributed by atoms with Crippen molar-refractivity contribution in [1.29, 1.82) is 0 Å². The predicted molar refractivity (Wildman–Crippen MR) is 129 cm³/mol. The monoisotopic (exact) mass is 467 g/mol. The lowest BCUT2D eigenvalue weighted by atomic mass is 9.87. The second-order valence-corrected chi connectivity index (χ2v) is 10.4. The molecule has 2 aliphatic heterocycles. The number of hydrogen-bond donors (Lipinski definition) is 2. The Kier molecular flexibility index (Phi) is 6.93. The molecule has 0 spiro atoms. The van der Waals surface area contributed by atoms with Crippen LogP contribution in [-0.4, -0.2) is 54.7 Å². The number of fused-ring (bicyclic) bond motifs is 1. The Morgan fingerprint density at radius 2 is 1.94 bits per heavy atom. The molecular formula is C27H37N3O4. The Morgan fingerprint density at radius 1 is 1.12 bits per heavy atom. The summed E-state index contributed by atoms with van der Waals surface area (Å²) in [5.74, 6) is 1.33. The zero-order valence-corrected chi connectivity index (χ0v) is 20.2. The van der Waals surface area contributed by atoms with Crippen LogP contribution in [0.4, 0.5) is 0 Å². The van der Waals surface area contributed by atoms with Crippen LogP contribution in [0.15, 0.2) is 30.5 Å². The largest absolute Gasteiger partial charge is 0.489 e. The molecule has 1 aromatic rings. The summed E-state index contributed by atoms with van der Waals surface area (Å²) in [5.41, 5.74) is 2.35. The first-order valence-electron chi connectivity index (χ1n) is 12.9. The molecule has 1 saturated heterocycles. The number of carbonyl (C=O) groups is 2. The highest BCUT2D eigenvalue weighted by Gasteiger charge is 2.38. The zero-order valence-electron chi connectivity index (χ0n) is 20.2. The molecule has 0 bridgehead atoms. The van der Waals surface area contributed by atoms with E-state index in [-0.39, 0.29) is 17.9 Å². The quantitative estimate of drug-likeness (QED) is 0.641. The molecule has 2 heterocycles. The summed E-state index contributed by atoms with van der Waals surface area (Å²) in [7, 11) is 1.82. The van der Waals surface area contributed by atoms with Gasteiger partial charge in [-0.1, -0.05) is 6.58 Å². The molecule has 5 rings (SSSR count). The van der Waals surface area contributed by atoms with E-state index in [2.05, 4.69) is 17.2 Å². The zero-order chi connectivity index (χ0) is 23.7. The molecule has 2 saturated carbocycles. The third kappa shape index (κ3) is 4.86. The van der Waals surface area contributed by atoms with Gasteiger partial charge in [0.25, 0.3) is 5.91 Å². The van der Waals surface area contributed by atoms with Gasteiger partial charge in [0.05, 0.1) is 6.10 Å². The van der Waals surface area contributed by atoms with Crippen molar-refractivity contribution in [2.45, 2.75) is 88.6 Å². The summed E-state index contributed by atoms with van der Waals surface area (Å²) >= 11 is 0. The SMILES string of the molecule is C=C1CCC(N2Cc3cc(O[C@@H]4CCC[C@H]4NCC4CCC(OC)CC4)ccc3C2=O)C(=O)N1. The molecule has 34 heavy (non-hydrogen) atoms. The molecule has 0 aromatic heterocycles. The Hall–Kier alpha value is -2.38. The lowest BCUT2D eigenvalue weighted by molar-refractivity contribution is -0.126. The smallest absolute Gasteiger partial charge is 0.255 e. The Bertz CT molecular complexity index is 940. The molecule has 3 atom stereocenters. The molecule has 7 nitrogen and oxygen atoms in total. The minimum Gasteiger partial charge on any atom is -0.489 e. The Morgan fingerprint density at radius 3 is 2.71 bits per heavy atom. The molecule has 4 aliphatic rings. The second kappa shape index (κ2) is 10.1. The number of methoxy groups -OCH3 is 1. The van der Waals surface area contributed by atoms with Crippen LogP contribution in [0.25, 0.3) is 0 Å². The summed E-state index contributed by atoms with van der Waals surface area (Å²) in [5, 5.41) is 6.59. The third-order valence-corrected chi connectivity index (χ3v) is 8.14. The molecule has 0 radical (unpaired) electrons. The summed E-state index contributed by atoms with van der Waals surface area (Å²) in [4.78, 5) is 27.1. The van der Waals surface area contributed by atoms with Gasteiger partial charge >= 0.3 is 0 Å². The second-order valence-electron chi connectivity index (χ2n) is 10.4. The predicted octanol–water partition coefficient (Wildman–Crippen LogP) is 3.53. The van der Waals surface area contributed by atoms with Crippen molar-refractivity contribution in [3.05, 3.63) is 41.6 Å². The van der Waals surface area contributed by atoms with Gasteiger partial charge in [-0.3, -0.25) is 9.59 Å². The molecular weight excluding hydrogens is 430 g/mol. The summed E-state index contributed by atoms with van der Waals surface area (Å²) in [6, 6.07) is 5.69. The Balaban J connectivity index is 1.17. The normalized spacial score (nSPS) is 31.5. The standard InChI is InChI=1S/C27H37N3O4/c1-17-6-13-24(26(31)29-17)30-16-19-14-21(11-12-22(19)27(30)32)34-25-5-3-4-23(25)28-15-18-7-9-20(33-2)10-8-18/h11-12,14,18,20,23-25,28H,1,3-10,13,15-16H2,2H3,(H,29,31)/t18?,20?,23-,24?,25-/m1/s1. The maximum atomic E-state index is 13.0. The van der Waals surface area contributed by atoms with Crippen LogP contribution in [0.1, 0.15) is 73.7 Å². The van der Waals surface area contributed by atoms with Crippen LogP contribution < -0.4 is 15.4 Å². The van der Waals surface area contributed by atoms with E-state index in [0.29, 0.717) is 37.1 Å². The highest BCUT2D eigenvalue weighted by Crippen LogP contribution is 2.33. The van der Waals surface area contributed by atoms with Crippen molar-refractivity contribution < 1.29 is 19.1 Å². The van der Waals surface area contributed by atoms with Crippen LogP contribution in [0, 0.1) is 5.92 Å². The lowest BCUT2D eigenvalue weighted by Crippen LogP contribution is -2.49. The highest BCUT2D eigenvalue weighted by molar-refractivity contribution is 6.01. The average Bonchev–Trinajstić information content (AvgIpc) is 3.41. The highest BCUT2D eigenvalue weighted by atomic mass is 16.5. The van der Waals surface area contributed by atoms with Crippen LogP contribution >= 0.6 is 0 Å². The van der Waals surface area contributed by atoms with Gasteiger partial charge in [-0.25, -0.2) is 0 Å². The molecule has 2 amide bonds. The number of rotatable bonds is 7. The van der Waals surface area contributed by atoms with Crippen molar-refractivity contribution in [3.8, 4) is 5.75 Å².